The number of hydrogen-bond donors (Lipinski definition) is 0. The van der Waals surface area contributed by atoms with Gasteiger partial charge in [-0.3, -0.25) is 0 Å². The molecule has 0 aromatic heterocycles. The third-order valence-electron chi connectivity index (χ3n) is 1.67. The van der Waals surface area contributed by atoms with Crippen molar-refractivity contribution in [2.45, 2.75) is 17.9 Å². The minimum atomic E-state index is -3.75. The highest BCUT2D eigenvalue weighted by Crippen LogP contribution is 2.29. The maximum absolute atomic E-state index is 11.0. The number of ether oxygens (including phenoxy) is 1. The quantitative estimate of drug-likeness (QED) is 0.802. The number of rotatable bonds is 3. The third-order valence-corrected chi connectivity index (χ3v) is 3.64. The van der Waals surface area contributed by atoms with Crippen LogP contribution >= 0.6 is 26.6 Å². The second kappa shape index (κ2) is 5.04. The Morgan fingerprint density at radius 1 is 1.56 bits per heavy atom. The summed E-state index contributed by atoms with van der Waals surface area (Å²) in [5, 5.41) is 8.56. The predicted octanol–water partition coefficient (Wildman–Crippen LogP) is 2.67. The molecular weight excluding hydrogens is 318 g/mol. The van der Waals surface area contributed by atoms with Gasteiger partial charge in [-0.2, -0.15) is 5.26 Å². The van der Waals surface area contributed by atoms with Crippen LogP contribution in [0, 0.1) is 11.3 Å². The van der Waals surface area contributed by atoms with E-state index in [0.717, 1.165) is 0 Å². The Labute approximate surface area is 106 Å². The van der Waals surface area contributed by atoms with Gasteiger partial charge in [0.1, 0.15) is 11.8 Å². The van der Waals surface area contributed by atoms with Crippen molar-refractivity contribution in [2.24, 2.45) is 0 Å². The number of benzene rings is 1. The lowest BCUT2D eigenvalue weighted by Crippen LogP contribution is -2.08. The van der Waals surface area contributed by atoms with Crippen LogP contribution in [0.15, 0.2) is 27.6 Å². The number of nitriles is 1. The molecule has 0 spiro atoms. The summed E-state index contributed by atoms with van der Waals surface area (Å²) in [6, 6.07) is 5.97. The Morgan fingerprint density at radius 3 is 2.62 bits per heavy atom. The van der Waals surface area contributed by atoms with Crippen molar-refractivity contribution in [1.29, 1.82) is 5.26 Å². The second-order valence-electron chi connectivity index (χ2n) is 2.92. The van der Waals surface area contributed by atoms with Gasteiger partial charge in [0.2, 0.25) is 0 Å². The van der Waals surface area contributed by atoms with Crippen LogP contribution in [0.25, 0.3) is 0 Å². The van der Waals surface area contributed by atoms with Crippen molar-refractivity contribution in [3.8, 4) is 11.8 Å². The second-order valence-corrected chi connectivity index (χ2v) is 6.34. The molecule has 0 aliphatic carbocycles. The topological polar surface area (TPSA) is 67.2 Å². The molecule has 0 amide bonds. The highest BCUT2D eigenvalue weighted by atomic mass is 79.9. The molecule has 0 saturated carbocycles. The van der Waals surface area contributed by atoms with Gasteiger partial charge in [-0.05, 0) is 41.1 Å². The van der Waals surface area contributed by atoms with E-state index in [2.05, 4.69) is 15.9 Å². The molecule has 1 aromatic carbocycles. The fourth-order valence-corrected chi connectivity index (χ4v) is 2.35. The fraction of sp³-hybridized carbons (Fsp3) is 0.222. The summed E-state index contributed by atoms with van der Waals surface area (Å²) in [6.07, 6.45) is -0.616. The molecule has 16 heavy (non-hydrogen) atoms. The maximum Gasteiger partial charge on any atom is 0.261 e. The van der Waals surface area contributed by atoms with E-state index in [1.807, 2.05) is 6.07 Å². The van der Waals surface area contributed by atoms with E-state index in [4.69, 9.17) is 20.7 Å². The van der Waals surface area contributed by atoms with Crippen LogP contribution in [0.1, 0.15) is 6.92 Å². The molecule has 0 heterocycles. The summed E-state index contributed by atoms with van der Waals surface area (Å²) < 4.78 is 27.7. The van der Waals surface area contributed by atoms with Gasteiger partial charge in [0.15, 0.2) is 6.10 Å². The minimum Gasteiger partial charge on any atom is -0.475 e. The van der Waals surface area contributed by atoms with Crippen LogP contribution in [0.3, 0.4) is 0 Å². The molecule has 86 valence electrons. The van der Waals surface area contributed by atoms with E-state index in [0.29, 0.717) is 10.2 Å². The van der Waals surface area contributed by atoms with Crippen LogP contribution in [-0.2, 0) is 9.05 Å². The van der Waals surface area contributed by atoms with Gasteiger partial charge in [-0.25, -0.2) is 8.42 Å². The summed E-state index contributed by atoms with van der Waals surface area (Å²) in [4.78, 5) is -0.0296. The van der Waals surface area contributed by atoms with Gasteiger partial charge < -0.3 is 4.74 Å². The SMILES string of the molecule is CC(C#N)Oc1ccc(S(=O)(=O)Cl)cc1Br. The van der Waals surface area contributed by atoms with Crippen LogP contribution in [0.4, 0.5) is 0 Å². The lowest BCUT2D eigenvalue weighted by atomic mass is 10.3. The summed E-state index contributed by atoms with van der Waals surface area (Å²) in [7, 11) is 1.42. The van der Waals surface area contributed by atoms with Crippen molar-refractivity contribution in [3.63, 3.8) is 0 Å². The van der Waals surface area contributed by atoms with Crippen molar-refractivity contribution < 1.29 is 13.2 Å². The van der Waals surface area contributed by atoms with E-state index in [-0.39, 0.29) is 4.90 Å². The molecule has 1 aromatic rings. The first-order chi connectivity index (χ1) is 7.34. The van der Waals surface area contributed by atoms with Crippen molar-refractivity contribution in [3.05, 3.63) is 22.7 Å². The first-order valence-corrected chi connectivity index (χ1v) is 7.25. The molecule has 0 N–H and O–H groups in total. The monoisotopic (exact) mass is 323 g/mol. The van der Waals surface area contributed by atoms with Crippen molar-refractivity contribution in [1.82, 2.24) is 0 Å². The first kappa shape index (κ1) is 13.3. The van der Waals surface area contributed by atoms with Crippen LogP contribution < -0.4 is 4.74 Å². The Hall–Kier alpha value is -0.770. The lowest BCUT2D eigenvalue weighted by Gasteiger charge is -2.09. The standard InChI is InChI=1S/C9H7BrClNO3S/c1-6(5-12)15-9-3-2-7(4-8(9)10)16(11,13)14/h2-4,6H,1H3. The summed E-state index contributed by atoms with van der Waals surface area (Å²) >= 11 is 3.14. The smallest absolute Gasteiger partial charge is 0.261 e. The van der Waals surface area contributed by atoms with E-state index < -0.39 is 15.2 Å². The van der Waals surface area contributed by atoms with Gasteiger partial charge in [0, 0.05) is 10.7 Å². The van der Waals surface area contributed by atoms with E-state index >= 15 is 0 Å². The molecule has 7 heteroatoms. The van der Waals surface area contributed by atoms with Gasteiger partial charge in [-0.1, -0.05) is 0 Å². The van der Waals surface area contributed by atoms with E-state index in [1.165, 1.54) is 18.2 Å². The lowest BCUT2D eigenvalue weighted by molar-refractivity contribution is 0.274. The Balaban J connectivity index is 3.07. The van der Waals surface area contributed by atoms with Crippen LogP contribution in [0.2, 0.25) is 0 Å². The molecule has 1 unspecified atom stereocenters. The Bertz CT molecular complexity index is 538. The molecule has 0 radical (unpaired) electrons. The number of nitrogens with zero attached hydrogens (tertiary/aromatic N) is 1. The van der Waals surface area contributed by atoms with Gasteiger partial charge >= 0.3 is 0 Å². The maximum atomic E-state index is 11.0. The minimum absolute atomic E-state index is 0.0296. The van der Waals surface area contributed by atoms with Crippen molar-refractivity contribution in [2.75, 3.05) is 0 Å². The molecule has 0 bridgehead atoms. The third kappa shape index (κ3) is 3.37. The summed E-state index contributed by atoms with van der Waals surface area (Å²) in [6.45, 7) is 1.58. The summed E-state index contributed by atoms with van der Waals surface area (Å²) in [5.41, 5.74) is 0. The highest BCUT2D eigenvalue weighted by Gasteiger charge is 2.13. The highest BCUT2D eigenvalue weighted by molar-refractivity contribution is 9.10. The Kier molecular flexibility index (Phi) is 4.19. The van der Waals surface area contributed by atoms with Crippen LogP contribution in [0.5, 0.6) is 5.75 Å². The Morgan fingerprint density at radius 2 is 2.19 bits per heavy atom. The van der Waals surface area contributed by atoms with Gasteiger partial charge in [-0.15, -0.1) is 0 Å². The molecule has 0 aliphatic heterocycles. The van der Waals surface area contributed by atoms with Crippen molar-refractivity contribution >= 4 is 35.7 Å². The predicted molar refractivity (Wildman–Crippen MR) is 62.9 cm³/mol. The van der Waals surface area contributed by atoms with E-state index in [1.54, 1.807) is 6.92 Å². The first-order valence-electron chi connectivity index (χ1n) is 4.15. The largest absolute Gasteiger partial charge is 0.475 e. The zero-order valence-electron chi connectivity index (χ0n) is 8.15. The molecule has 0 aliphatic rings. The molecule has 0 saturated heterocycles. The van der Waals surface area contributed by atoms with Crippen LogP contribution in [-0.4, -0.2) is 14.5 Å². The van der Waals surface area contributed by atoms with Gasteiger partial charge in [0.25, 0.3) is 9.05 Å². The molecule has 1 rings (SSSR count). The molecular formula is C9H7BrClNO3S. The molecule has 4 nitrogen and oxygen atoms in total. The summed E-state index contributed by atoms with van der Waals surface area (Å²) in [5.74, 6) is 0.387. The molecule has 0 fully saturated rings. The average molecular weight is 325 g/mol. The normalized spacial score (nSPS) is 12.9. The zero-order valence-corrected chi connectivity index (χ0v) is 11.3. The molecule has 1 atom stereocenters. The average Bonchev–Trinajstić information content (AvgIpc) is 2.19. The van der Waals surface area contributed by atoms with E-state index in [9.17, 15) is 8.42 Å². The number of hydrogen-bond acceptors (Lipinski definition) is 4. The zero-order chi connectivity index (χ0) is 12.3. The fourth-order valence-electron chi connectivity index (χ4n) is 0.946. The van der Waals surface area contributed by atoms with Gasteiger partial charge in [0.05, 0.1) is 9.37 Å². The number of halogens is 2.